The molecule has 170 valence electrons. The van der Waals surface area contributed by atoms with Gasteiger partial charge in [-0.05, 0) is 42.0 Å². The van der Waals surface area contributed by atoms with Gasteiger partial charge in [-0.3, -0.25) is 14.9 Å². The largest absolute Gasteiger partial charge is 0.488 e. The van der Waals surface area contributed by atoms with Crippen molar-refractivity contribution < 1.29 is 28.6 Å². The van der Waals surface area contributed by atoms with Crippen LogP contribution in [0.25, 0.3) is 6.08 Å². The molecule has 0 radical (unpaired) electrons. The van der Waals surface area contributed by atoms with Gasteiger partial charge in [0.2, 0.25) is 6.79 Å². The van der Waals surface area contributed by atoms with Gasteiger partial charge < -0.3 is 14.2 Å². The maximum Gasteiger partial charge on any atom is 0.335 e. The molecule has 5 rings (SSSR count). The molecule has 8 nitrogen and oxygen atoms in total. The van der Waals surface area contributed by atoms with Gasteiger partial charge >= 0.3 is 6.03 Å². The van der Waals surface area contributed by atoms with Crippen molar-refractivity contribution in [3.05, 3.63) is 87.9 Å². The number of hydrogen-bond donors (Lipinski definition) is 1. The summed E-state index contributed by atoms with van der Waals surface area (Å²) in [5, 5.41) is 2.22. The molecule has 1 N–H and O–H groups in total. The minimum Gasteiger partial charge on any atom is -0.488 e. The van der Waals surface area contributed by atoms with Gasteiger partial charge in [-0.1, -0.05) is 46.3 Å². The number of benzene rings is 3. The Balaban J connectivity index is 1.43. The molecule has 34 heavy (non-hydrogen) atoms. The van der Waals surface area contributed by atoms with Crippen LogP contribution in [0.15, 0.2) is 76.8 Å². The number of nitrogens with one attached hydrogen (secondary N) is 1. The fourth-order valence-electron chi connectivity index (χ4n) is 3.54. The third-order valence-electron chi connectivity index (χ3n) is 5.24. The topological polar surface area (TPSA) is 94.2 Å². The molecule has 1 fully saturated rings. The highest BCUT2D eigenvalue weighted by molar-refractivity contribution is 9.10. The smallest absolute Gasteiger partial charge is 0.335 e. The van der Waals surface area contributed by atoms with Crippen LogP contribution in [0.1, 0.15) is 11.1 Å². The summed E-state index contributed by atoms with van der Waals surface area (Å²) in [6, 6.07) is 18.6. The Hall–Kier alpha value is -4.11. The van der Waals surface area contributed by atoms with E-state index in [1.54, 1.807) is 36.4 Å². The second-order valence-electron chi connectivity index (χ2n) is 7.45. The van der Waals surface area contributed by atoms with Crippen LogP contribution in [-0.4, -0.2) is 24.6 Å². The van der Waals surface area contributed by atoms with E-state index in [1.807, 2.05) is 24.3 Å². The lowest BCUT2D eigenvalue weighted by molar-refractivity contribution is -0.122. The zero-order valence-electron chi connectivity index (χ0n) is 17.6. The summed E-state index contributed by atoms with van der Waals surface area (Å²) in [5.41, 5.74) is 1.54. The first kappa shape index (κ1) is 21.7. The SMILES string of the molecule is O=C1NC(=O)N(c2ccc3c(c2)OCO3)C(=O)/C1=C/c1ccccc1OCc1ccc(Br)cc1. The fraction of sp³-hybridized carbons (Fsp3) is 0.0800. The van der Waals surface area contributed by atoms with Crippen molar-refractivity contribution in [2.45, 2.75) is 6.61 Å². The number of urea groups is 1. The van der Waals surface area contributed by atoms with E-state index in [2.05, 4.69) is 21.2 Å². The van der Waals surface area contributed by atoms with Crippen LogP contribution >= 0.6 is 15.9 Å². The number of para-hydroxylation sites is 1. The lowest BCUT2D eigenvalue weighted by Gasteiger charge is -2.26. The Morgan fingerprint density at radius 1 is 0.971 bits per heavy atom. The summed E-state index contributed by atoms with van der Waals surface area (Å²) in [4.78, 5) is 39.2. The van der Waals surface area contributed by atoms with Crippen molar-refractivity contribution in [3.63, 3.8) is 0 Å². The summed E-state index contributed by atoms with van der Waals surface area (Å²) in [6.07, 6.45) is 1.42. The van der Waals surface area contributed by atoms with Crippen LogP contribution in [0.4, 0.5) is 10.5 Å². The average Bonchev–Trinajstić information content (AvgIpc) is 3.30. The molecule has 0 saturated carbocycles. The number of imide groups is 2. The fourth-order valence-corrected chi connectivity index (χ4v) is 3.81. The van der Waals surface area contributed by atoms with E-state index >= 15 is 0 Å². The molecule has 3 aromatic rings. The first-order chi connectivity index (χ1) is 16.5. The van der Waals surface area contributed by atoms with Gasteiger partial charge in [-0.25, -0.2) is 9.69 Å². The lowest BCUT2D eigenvalue weighted by Crippen LogP contribution is -2.54. The lowest BCUT2D eigenvalue weighted by atomic mass is 10.1. The van der Waals surface area contributed by atoms with Crippen LogP contribution < -0.4 is 24.4 Å². The second kappa shape index (κ2) is 9.03. The summed E-state index contributed by atoms with van der Waals surface area (Å²) >= 11 is 3.40. The number of nitrogens with zero attached hydrogens (tertiary/aromatic N) is 1. The number of ether oxygens (including phenoxy) is 3. The van der Waals surface area contributed by atoms with Gasteiger partial charge in [0.1, 0.15) is 17.9 Å². The molecule has 2 heterocycles. The normalized spacial score (nSPS) is 16.1. The number of halogens is 1. The van der Waals surface area contributed by atoms with Gasteiger partial charge in [0, 0.05) is 16.1 Å². The van der Waals surface area contributed by atoms with E-state index < -0.39 is 17.8 Å². The first-order valence-corrected chi connectivity index (χ1v) is 11.1. The van der Waals surface area contributed by atoms with Crippen molar-refractivity contribution >= 4 is 45.5 Å². The van der Waals surface area contributed by atoms with Crippen LogP contribution in [0.3, 0.4) is 0 Å². The van der Waals surface area contributed by atoms with E-state index in [9.17, 15) is 14.4 Å². The Morgan fingerprint density at radius 2 is 1.74 bits per heavy atom. The molecule has 0 aliphatic carbocycles. The summed E-state index contributed by atoms with van der Waals surface area (Å²) in [5.74, 6) is -0.125. The molecule has 1 saturated heterocycles. The van der Waals surface area contributed by atoms with Crippen LogP contribution in [0.2, 0.25) is 0 Å². The molecule has 0 bridgehead atoms. The van der Waals surface area contributed by atoms with Crippen molar-refractivity contribution in [1.82, 2.24) is 5.32 Å². The molecule has 2 aliphatic heterocycles. The third-order valence-corrected chi connectivity index (χ3v) is 5.77. The summed E-state index contributed by atoms with van der Waals surface area (Å²) < 4.78 is 17.5. The van der Waals surface area contributed by atoms with Crippen molar-refractivity contribution in [2.75, 3.05) is 11.7 Å². The molecule has 0 atom stereocenters. The Labute approximate surface area is 202 Å². The van der Waals surface area contributed by atoms with Gasteiger partial charge in [-0.15, -0.1) is 0 Å². The molecule has 0 unspecified atom stereocenters. The van der Waals surface area contributed by atoms with Gasteiger partial charge in [0.15, 0.2) is 11.5 Å². The molecule has 2 aliphatic rings. The Morgan fingerprint density at radius 3 is 2.56 bits per heavy atom. The van der Waals surface area contributed by atoms with E-state index in [-0.39, 0.29) is 18.1 Å². The summed E-state index contributed by atoms with van der Waals surface area (Å²) in [6.45, 7) is 0.356. The predicted octanol–water partition coefficient (Wildman–Crippen LogP) is 4.42. The molecule has 9 heteroatoms. The number of hydrogen-bond acceptors (Lipinski definition) is 6. The van der Waals surface area contributed by atoms with Gasteiger partial charge in [-0.2, -0.15) is 0 Å². The van der Waals surface area contributed by atoms with Gasteiger partial charge in [0.25, 0.3) is 11.8 Å². The number of fused-ring (bicyclic) bond motifs is 1. The molecular formula is C25H17BrN2O6. The molecule has 3 aromatic carbocycles. The van der Waals surface area contributed by atoms with Crippen LogP contribution in [0, 0.1) is 0 Å². The van der Waals surface area contributed by atoms with Gasteiger partial charge in [0.05, 0.1) is 5.69 Å². The van der Waals surface area contributed by atoms with E-state index in [0.29, 0.717) is 29.4 Å². The van der Waals surface area contributed by atoms with E-state index in [4.69, 9.17) is 14.2 Å². The Bertz CT molecular complexity index is 1340. The Kier molecular flexibility index (Phi) is 5.77. The zero-order chi connectivity index (χ0) is 23.7. The van der Waals surface area contributed by atoms with Crippen LogP contribution in [-0.2, 0) is 16.2 Å². The average molecular weight is 521 g/mol. The number of rotatable bonds is 5. The highest BCUT2D eigenvalue weighted by Crippen LogP contribution is 2.36. The molecule has 0 spiro atoms. The quantitative estimate of drug-likeness (QED) is 0.395. The highest BCUT2D eigenvalue weighted by atomic mass is 79.9. The maximum atomic E-state index is 13.2. The van der Waals surface area contributed by atoms with E-state index in [1.165, 1.54) is 12.1 Å². The maximum absolute atomic E-state index is 13.2. The molecular weight excluding hydrogens is 504 g/mol. The summed E-state index contributed by atoms with van der Waals surface area (Å²) in [7, 11) is 0. The molecule has 0 aromatic heterocycles. The third kappa shape index (κ3) is 4.25. The van der Waals surface area contributed by atoms with E-state index in [0.717, 1.165) is 14.9 Å². The van der Waals surface area contributed by atoms with Crippen molar-refractivity contribution in [3.8, 4) is 17.2 Å². The monoisotopic (exact) mass is 520 g/mol. The highest BCUT2D eigenvalue weighted by Gasteiger charge is 2.37. The zero-order valence-corrected chi connectivity index (χ0v) is 19.2. The number of anilines is 1. The van der Waals surface area contributed by atoms with Crippen molar-refractivity contribution in [2.24, 2.45) is 0 Å². The minimum atomic E-state index is -0.842. The minimum absolute atomic E-state index is 0.0552. The standard InChI is InChI=1S/C25H17BrN2O6/c26-17-7-5-15(6-8-17)13-32-20-4-2-1-3-16(20)11-19-23(29)27-25(31)28(24(19)30)18-9-10-21-22(12-18)34-14-33-21/h1-12H,13-14H2,(H,27,29,31)/b19-11+. The van der Waals surface area contributed by atoms with Crippen molar-refractivity contribution in [1.29, 1.82) is 0 Å². The second-order valence-corrected chi connectivity index (χ2v) is 8.36. The number of carbonyl (C=O) groups is 3. The predicted molar refractivity (Wildman–Crippen MR) is 126 cm³/mol. The number of barbiturate groups is 1. The molecule has 4 amide bonds. The number of carbonyl (C=O) groups excluding carboxylic acids is 3. The first-order valence-electron chi connectivity index (χ1n) is 10.3. The van der Waals surface area contributed by atoms with Crippen LogP contribution in [0.5, 0.6) is 17.2 Å². The number of amides is 4.